The fourth-order valence-corrected chi connectivity index (χ4v) is 1.95. The van der Waals surface area contributed by atoms with E-state index in [-0.39, 0.29) is 0 Å². The summed E-state index contributed by atoms with van der Waals surface area (Å²) >= 11 is 0. The first-order valence-corrected chi connectivity index (χ1v) is 6.28. The van der Waals surface area contributed by atoms with Crippen molar-refractivity contribution in [1.82, 2.24) is 25.3 Å². The van der Waals surface area contributed by atoms with Crippen molar-refractivity contribution in [1.29, 1.82) is 0 Å². The Morgan fingerprint density at radius 1 is 1.33 bits per heavy atom. The Hall–Kier alpha value is -1.75. The molecule has 18 heavy (non-hydrogen) atoms. The van der Waals surface area contributed by atoms with Gasteiger partial charge in [-0.05, 0) is 38.9 Å². The molecule has 0 fully saturated rings. The molecular weight excluding hydrogens is 226 g/mol. The molecule has 5 heteroatoms. The quantitative estimate of drug-likeness (QED) is 0.816. The smallest absolute Gasteiger partial charge is 0.175 e. The van der Waals surface area contributed by atoms with Crippen molar-refractivity contribution in [2.75, 3.05) is 6.54 Å². The van der Waals surface area contributed by atoms with E-state index in [9.17, 15) is 0 Å². The Kier molecular flexibility index (Phi) is 4.04. The lowest BCUT2D eigenvalue weighted by atomic mass is 10.2. The largest absolute Gasteiger partial charge is 0.313 e. The second-order valence-electron chi connectivity index (χ2n) is 4.32. The highest BCUT2D eigenvalue weighted by atomic mass is 15.3. The first-order chi connectivity index (χ1) is 8.74. The molecule has 0 aromatic carbocycles. The van der Waals surface area contributed by atoms with Gasteiger partial charge in [-0.15, -0.1) is 5.10 Å². The van der Waals surface area contributed by atoms with Crippen LogP contribution in [-0.4, -0.2) is 26.5 Å². The van der Waals surface area contributed by atoms with Gasteiger partial charge in [0.2, 0.25) is 0 Å². The molecular formula is C13H19N5. The molecule has 2 heterocycles. The molecule has 0 aliphatic carbocycles. The SMILES string of the molecule is CCCNCc1c(C)nn(-c2cccnn2)c1C. The van der Waals surface area contributed by atoms with Crippen molar-refractivity contribution in [3.8, 4) is 5.82 Å². The van der Waals surface area contributed by atoms with Crippen LogP contribution >= 0.6 is 0 Å². The summed E-state index contributed by atoms with van der Waals surface area (Å²) < 4.78 is 1.85. The van der Waals surface area contributed by atoms with Crippen LogP contribution in [0.3, 0.4) is 0 Å². The number of hydrogen-bond donors (Lipinski definition) is 1. The van der Waals surface area contributed by atoms with Gasteiger partial charge >= 0.3 is 0 Å². The molecule has 0 unspecified atom stereocenters. The van der Waals surface area contributed by atoms with Gasteiger partial charge < -0.3 is 5.32 Å². The minimum absolute atomic E-state index is 0.764. The Morgan fingerprint density at radius 2 is 2.17 bits per heavy atom. The van der Waals surface area contributed by atoms with Crippen LogP contribution in [0.25, 0.3) is 5.82 Å². The van der Waals surface area contributed by atoms with E-state index < -0.39 is 0 Å². The monoisotopic (exact) mass is 245 g/mol. The third-order valence-corrected chi connectivity index (χ3v) is 2.94. The van der Waals surface area contributed by atoms with Gasteiger partial charge in [-0.25, -0.2) is 4.68 Å². The molecule has 0 saturated heterocycles. The van der Waals surface area contributed by atoms with E-state index in [0.717, 1.165) is 36.7 Å². The second-order valence-corrected chi connectivity index (χ2v) is 4.32. The fourth-order valence-electron chi connectivity index (χ4n) is 1.95. The average molecular weight is 245 g/mol. The third kappa shape index (κ3) is 2.56. The zero-order chi connectivity index (χ0) is 13.0. The van der Waals surface area contributed by atoms with E-state index in [2.05, 4.69) is 34.5 Å². The number of aromatic nitrogens is 4. The zero-order valence-electron chi connectivity index (χ0n) is 11.1. The normalized spacial score (nSPS) is 10.8. The second kappa shape index (κ2) is 5.73. The van der Waals surface area contributed by atoms with Crippen LogP contribution in [0.4, 0.5) is 0 Å². The summed E-state index contributed by atoms with van der Waals surface area (Å²) in [5, 5.41) is 15.9. The number of hydrogen-bond acceptors (Lipinski definition) is 4. The van der Waals surface area contributed by atoms with E-state index in [1.807, 2.05) is 23.7 Å². The molecule has 0 aliphatic heterocycles. The lowest BCUT2D eigenvalue weighted by Gasteiger charge is -2.04. The van der Waals surface area contributed by atoms with Gasteiger partial charge in [0.25, 0.3) is 0 Å². The summed E-state index contributed by atoms with van der Waals surface area (Å²) in [4.78, 5) is 0. The minimum atomic E-state index is 0.764. The first-order valence-electron chi connectivity index (χ1n) is 6.28. The number of nitrogens with zero attached hydrogens (tertiary/aromatic N) is 4. The molecule has 96 valence electrons. The van der Waals surface area contributed by atoms with E-state index in [0.29, 0.717) is 0 Å². The predicted molar refractivity (Wildman–Crippen MR) is 70.6 cm³/mol. The molecule has 2 aromatic rings. The highest BCUT2D eigenvalue weighted by Gasteiger charge is 2.12. The number of rotatable bonds is 5. The Balaban J connectivity index is 2.26. The molecule has 0 atom stereocenters. The zero-order valence-corrected chi connectivity index (χ0v) is 11.1. The Morgan fingerprint density at radius 3 is 2.83 bits per heavy atom. The van der Waals surface area contributed by atoms with Crippen molar-refractivity contribution in [3.05, 3.63) is 35.3 Å². The van der Waals surface area contributed by atoms with Gasteiger partial charge in [0.1, 0.15) is 0 Å². The van der Waals surface area contributed by atoms with Crippen molar-refractivity contribution < 1.29 is 0 Å². The van der Waals surface area contributed by atoms with E-state index in [1.54, 1.807) is 6.20 Å². The van der Waals surface area contributed by atoms with Crippen LogP contribution in [0, 0.1) is 13.8 Å². The van der Waals surface area contributed by atoms with Gasteiger partial charge in [0, 0.05) is 24.0 Å². The average Bonchev–Trinajstić information content (AvgIpc) is 2.68. The fraction of sp³-hybridized carbons (Fsp3) is 0.462. The Bertz CT molecular complexity index is 504. The molecule has 0 radical (unpaired) electrons. The van der Waals surface area contributed by atoms with E-state index >= 15 is 0 Å². The number of nitrogens with one attached hydrogen (secondary N) is 1. The van der Waals surface area contributed by atoms with Crippen LogP contribution in [0.2, 0.25) is 0 Å². The van der Waals surface area contributed by atoms with Gasteiger partial charge in [-0.2, -0.15) is 10.2 Å². The maximum Gasteiger partial charge on any atom is 0.175 e. The lowest BCUT2D eigenvalue weighted by Crippen LogP contribution is -2.15. The van der Waals surface area contributed by atoms with Crippen molar-refractivity contribution >= 4 is 0 Å². The standard InChI is InChI=1S/C13H19N5/c1-4-7-14-9-12-10(2)17-18(11(12)3)13-6-5-8-15-16-13/h5-6,8,14H,4,7,9H2,1-3H3. The van der Waals surface area contributed by atoms with Crippen LogP contribution in [0.15, 0.2) is 18.3 Å². The van der Waals surface area contributed by atoms with Crippen molar-refractivity contribution in [2.45, 2.75) is 33.7 Å². The molecule has 0 spiro atoms. The molecule has 2 aromatic heterocycles. The number of aryl methyl sites for hydroxylation is 1. The minimum Gasteiger partial charge on any atom is -0.313 e. The summed E-state index contributed by atoms with van der Waals surface area (Å²) in [7, 11) is 0. The molecule has 0 amide bonds. The summed E-state index contributed by atoms with van der Waals surface area (Å²) in [5.74, 6) is 0.764. The highest BCUT2D eigenvalue weighted by Crippen LogP contribution is 2.15. The van der Waals surface area contributed by atoms with Gasteiger partial charge in [-0.1, -0.05) is 6.92 Å². The predicted octanol–water partition coefficient (Wildman–Crippen LogP) is 1.78. The highest BCUT2D eigenvalue weighted by molar-refractivity contribution is 5.31. The molecule has 0 bridgehead atoms. The molecule has 0 saturated carbocycles. The van der Waals surface area contributed by atoms with E-state index in [1.165, 1.54) is 5.56 Å². The topological polar surface area (TPSA) is 55.6 Å². The molecule has 0 aliphatic rings. The Labute approximate surface area is 107 Å². The molecule has 1 N–H and O–H groups in total. The van der Waals surface area contributed by atoms with Crippen molar-refractivity contribution in [3.63, 3.8) is 0 Å². The van der Waals surface area contributed by atoms with Gasteiger partial charge in [0.15, 0.2) is 5.82 Å². The first kappa shape index (κ1) is 12.7. The van der Waals surface area contributed by atoms with Crippen molar-refractivity contribution in [2.24, 2.45) is 0 Å². The summed E-state index contributed by atoms with van der Waals surface area (Å²) in [6.45, 7) is 8.14. The molecule has 2 rings (SSSR count). The van der Waals surface area contributed by atoms with Crippen LogP contribution in [-0.2, 0) is 6.54 Å². The van der Waals surface area contributed by atoms with Gasteiger partial charge in [0.05, 0.1) is 5.69 Å². The summed E-state index contributed by atoms with van der Waals surface area (Å²) in [6.07, 6.45) is 2.80. The maximum atomic E-state index is 4.53. The molecule has 5 nitrogen and oxygen atoms in total. The maximum absolute atomic E-state index is 4.53. The van der Waals surface area contributed by atoms with Crippen LogP contribution in [0.5, 0.6) is 0 Å². The summed E-state index contributed by atoms with van der Waals surface area (Å²) in [5.41, 5.74) is 3.41. The summed E-state index contributed by atoms with van der Waals surface area (Å²) in [6, 6.07) is 3.78. The van der Waals surface area contributed by atoms with E-state index in [4.69, 9.17) is 0 Å². The van der Waals surface area contributed by atoms with Gasteiger partial charge in [-0.3, -0.25) is 0 Å². The third-order valence-electron chi connectivity index (χ3n) is 2.94. The lowest BCUT2D eigenvalue weighted by molar-refractivity contribution is 0.670. The van der Waals surface area contributed by atoms with Crippen LogP contribution < -0.4 is 5.32 Å². The van der Waals surface area contributed by atoms with Crippen LogP contribution in [0.1, 0.15) is 30.3 Å².